The number of nitrogens with two attached hydrogens (primary N) is 1. The Balaban J connectivity index is 2.05. The third kappa shape index (κ3) is 4.61. The van der Waals surface area contributed by atoms with Gasteiger partial charge in [0.25, 0.3) is 0 Å². The van der Waals surface area contributed by atoms with Gasteiger partial charge in [-0.3, -0.25) is 19.0 Å². The van der Waals surface area contributed by atoms with Crippen molar-refractivity contribution in [2.45, 2.75) is 49.7 Å². The maximum atomic E-state index is 11.8. The van der Waals surface area contributed by atoms with Crippen LogP contribution >= 0.6 is 22.6 Å². The minimum atomic E-state index is -1.04. The first-order valence-corrected chi connectivity index (χ1v) is 10.4. The predicted octanol–water partition coefficient (Wildman–Crippen LogP) is 0.667. The molecule has 162 valence electrons. The quantitative estimate of drug-likeness (QED) is 0.241. The van der Waals surface area contributed by atoms with E-state index in [2.05, 4.69) is 37.5 Å². The van der Waals surface area contributed by atoms with Crippen molar-refractivity contribution in [2.75, 3.05) is 12.3 Å². The number of halogens is 1. The second-order valence-corrected chi connectivity index (χ2v) is 7.26. The third-order valence-electron chi connectivity index (χ3n) is 4.25. The zero-order valence-corrected chi connectivity index (χ0v) is 18.6. The third-order valence-corrected chi connectivity index (χ3v) is 4.97. The number of hydrogen-bond acceptors (Lipinski definition) is 11. The molecule has 1 unspecified atom stereocenters. The molecule has 0 aliphatic carbocycles. The van der Waals surface area contributed by atoms with Crippen molar-refractivity contribution in [3.8, 4) is 0 Å². The topological polar surface area (TPSA) is 158 Å². The largest absolute Gasteiger partial charge is 0.463 e. The molecule has 13 heteroatoms. The number of aromatic nitrogens is 4. The van der Waals surface area contributed by atoms with E-state index >= 15 is 0 Å². The molecule has 1 saturated heterocycles. The number of rotatable bonds is 6. The van der Waals surface area contributed by atoms with Crippen LogP contribution in [0.3, 0.4) is 0 Å². The lowest BCUT2D eigenvalue weighted by Crippen LogP contribution is -2.40. The fourth-order valence-electron chi connectivity index (χ4n) is 3.19. The number of alkyl halides is 1. The fourth-order valence-corrected chi connectivity index (χ4v) is 3.72. The van der Waals surface area contributed by atoms with Crippen LogP contribution in [0.2, 0.25) is 0 Å². The summed E-state index contributed by atoms with van der Waals surface area (Å²) >= 11 is 2.13. The second-order valence-electron chi connectivity index (χ2n) is 6.50. The second kappa shape index (κ2) is 9.07. The molecule has 0 bridgehead atoms. The van der Waals surface area contributed by atoms with Gasteiger partial charge in [0.1, 0.15) is 18.2 Å². The van der Waals surface area contributed by atoms with Crippen LogP contribution in [-0.4, -0.2) is 62.3 Å². The van der Waals surface area contributed by atoms with Crippen LogP contribution in [0.5, 0.6) is 0 Å². The molecular formula is C17H20IN5O7. The van der Waals surface area contributed by atoms with Gasteiger partial charge >= 0.3 is 17.9 Å². The SMILES string of the molecule is CC(=O)OC[C@H]1O[C@@H](n2cnc3c(CI)nc(N)nc32)C(OC(C)=O)[C@H]1OC(C)=O. The minimum Gasteiger partial charge on any atom is -0.463 e. The van der Waals surface area contributed by atoms with E-state index in [9.17, 15) is 14.4 Å². The van der Waals surface area contributed by atoms with Gasteiger partial charge < -0.3 is 24.7 Å². The fraction of sp³-hybridized carbons (Fsp3) is 0.529. The van der Waals surface area contributed by atoms with E-state index in [1.165, 1.54) is 31.7 Å². The Morgan fingerprint density at radius 1 is 1.13 bits per heavy atom. The van der Waals surface area contributed by atoms with E-state index in [1.807, 2.05) is 0 Å². The molecule has 4 atom stereocenters. The van der Waals surface area contributed by atoms with Crippen LogP contribution in [0.15, 0.2) is 6.33 Å². The van der Waals surface area contributed by atoms with E-state index in [4.69, 9.17) is 24.7 Å². The lowest BCUT2D eigenvalue weighted by atomic mass is 10.1. The highest BCUT2D eigenvalue weighted by atomic mass is 127. The maximum absolute atomic E-state index is 11.8. The molecule has 2 aromatic heterocycles. The molecule has 2 aromatic rings. The standard InChI is InChI=1S/C17H20IN5O7/c1-7(24)27-5-11-13(28-8(2)25)14(29-9(3)26)16(30-11)23-6-20-12-10(4-18)21-17(19)22-15(12)23/h6,11,13-14,16H,4-5H2,1-3H3,(H2,19,21,22)/t11-,13+,14?,16-/m1/s1. The molecular weight excluding hydrogens is 513 g/mol. The molecule has 1 aliphatic heterocycles. The van der Waals surface area contributed by atoms with Crippen LogP contribution in [0, 0.1) is 0 Å². The van der Waals surface area contributed by atoms with Crippen LogP contribution < -0.4 is 5.73 Å². The van der Waals surface area contributed by atoms with Crippen molar-refractivity contribution >= 4 is 57.6 Å². The van der Waals surface area contributed by atoms with Crippen LogP contribution in [-0.2, 0) is 37.8 Å². The summed E-state index contributed by atoms with van der Waals surface area (Å²) in [6.07, 6.45) is -2.44. The average molecular weight is 533 g/mol. The highest BCUT2D eigenvalue weighted by molar-refractivity contribution is 14.1. The Hall–Kier alpha value is -2.55. The lowest BCUT2D eigenvalue weighted by molar-refractivity contribution is -0.166. The van der Waals surface area contributed by atoms with Gasteiger partial charge in [0, 0.05) is 25.2 Å². The van der Waals surface area contributed by atoms with E-state index in [0.29, 0.717) is 21.3 Å². The average Bonchev–Trinajstić information content (AvgIpc) is 3.20. The van der Waals surface area contributed by atoms with Crippen LogP contribution in [0.25, 0.3) is 11.2 Å². The van der Waals surface area contributed by atoms with Gasteiger partial charge in [-0.1, -0.05) is 22.6 Å². The Labute approximate surface area is 184 Å². The normalized spacial score (nSPS) is 23.3. The Morgan fingerprint density at radius 2 is 1.80 bits per heavy atom. The van der Waals surface area contributed by atoms with Crippen molar-refractivity contribution in [3.05, 3.63) is 12.0 Å². The summed E-state index contributed by atoms with van der Waals surface area (Å²) in [5, 5.41) is 0. The lowest BCUT2D eigenvalue weighted by Gasteiger charge is -2.23. The van der Waals surface area contributed by atoms with Crippen molar-refractivity contribution in [1.82, 2.24) is 19.5 Å². The Morgan fingerprint density at radius 3 is 2.40 bits per heavy atom. The number of carbonyl (C=O) groups is 3. The van der Waals surface area contributed by atoms with Gasteiger partial charge in [-0.2, -0.15) is 4.98 Å². The molecule has 0 radical (unpaired) electrons. The number of hydrogen-bond donors (Lipinski definition) is 1. The molecule has 1 fully saturated rings. The van der Waals surface area contributed by atoms with Gasteiger partial charge in [0.05, 0.1) is 12.0 Å². The highest BCUT2D eigenvalue weighted by Crippen LogP contribution is 2.36. The Bertz CT molecular complexity index is 981. The van der Waals surface area contributed by atoms with Gasteiger partial charge in [-0.25, -0.2) is 9.97 Å². The van der Waals surface area contributed by atoms with Crippen molar-refractivity contribution in [2.24, 2.45) is 0 Å². The number of imidazole rings is 1. The molecule has 3 rings (SSSR count). The van der Waals surface area contributed by atoms with E-state index in [0.717, 1.165) is 0 Å². The summed E-state index contributed by atoms with van der Waals surface area (Å²) in [5.74, 6) is -1.70. The van der Waals surface area contributed by atoms with Crippen molar-refractivity contribution < 1.29 is 33.3 Å². The van der Waals surface area contributed by atoms with Gasteiger partial charge in [0.15, 0.2) is 24.1 Å². The first kappa shape index (κ1) is 22.1. The van der Waals surface area contributed by atoms with Gasteiger partial charge in [-0.15, -0.1) is 0 Å². The maximum Gasteiger partial charge on any atom is 0.303 e. The molecule has 30 heavy (non-hydrogen) atoms. The number of fused-ring (bicyclic) bond motifs is 1. The van der Waals surface area contributed by atoms with Crippen LogP contribution in [0.1, 0.15) is 32.7 Å². The number of carbonyl (C=O) groups excluding carboxylic acids is 3. The summed E-state index contributed by atoms with van der Waals surface area (Å²) < 4.78 is 23.9. The molecule has 1 aliphatic rings. The molecule has 12 nitrogen and oxygen atoms in total. The predicted molar refractivity (Wildman–Crippen MR) is 109 cm³/mol. The minimum absolute atomic E-state index is 0.0472. The zero-order valence-electron chi connectivity index (χ0n) is 16.4. The number of ether oxygens (including phenoxy) is 4. The molecule has 0 spiro atoms. The summed E-state index contributed by atoms with van der Waals surface area (Å²) in [7, 11) is 0. The summed E-state index contributed by atoms with van der Waals surface area (Å²) in [5.41, 5.74) is 7.33. The first-order valence-electron chi connectivity index (χ1n) is 8.89. The van der Waals surface area contributed by atoms with Crippen molar-refractivity contribution in [1.29, 1.82) is 0 Å². The number of anilines is 1. The van der Waals surface area contributed by atoms with Crippen molar-refractivity contribution in [3.63, 3.8) is 0 Å². The molecule has 0 aromatic carbocycles. The van der Waals surface area contributed by atoms with E-state index < -0.39 is 42.4 Å². The highest BCUT2D eigenvalue weighted by Gasteiger charge is 2.51. The molecule has 2 N–H and O–H groups in total. The summed E-state index contributed by atoms with van der Waals surface area (Å²) in [4.78, 5) is 47.4. The van der Waals surface area contributed by atoms with E-state index in [-0.39, 0.29) is 12.6 Å². The first-order chi connectivity index (χ1) is 14.2. The molecule has 0 saturated carbocycles. The van der Waals surface area contributed by atoms with E-state index in [1.54, 1.807) is 0 Å². The molecule has 3 heterocycles. The molecule has 0 amide bonds. The monoisotopic (exact) mass is 533 g/mol. The summed E-state index contributed by atoms with van der Waals surface area (Å²) in [6.45, 7) is 3.48. The summed E-state index contributed by atoms with van der Waals surface area (Å²) in [6, 6.07) is 0. The van der Waals surface area contributed by atoms with Gasteiger partial charge in [-0.05, 0) is 0 Å². The smallest absolute Gasteiger partial charge is 0.303 e. The van der Waals surface area contributed by atoms with Gasteiger partial charge in [0.2, 0.25) is 5.95 Å². The number of nitrogen functional groups attached to an aromatic ring is 1. The number of esters is 3. The number of nitrogens with zero attached hydrogens (tertiary/aromatic N) is 4. The zero-order chi connectivity index (χ0) is 22.0. The Kier molecular flexibility index (Phi) is 6.70. The van der Waals surface area contributed by atoms with Crippen LogP contribution in [0.4, 0.5) is 5.95 Å².